The van der Waals surface area contributed by atoms with Crippen molar-refractivity contribution in [1.29, 1.82) is 0 Å². The highest BCUT2D eigenvalue weighted by molar-refractivity contribution is 5.75. The fourth-order valence-corrected chi connectivity index (χ4v) is 0.788. The van der Waals surface area contributed by atoms with Gasteiger partial charge in [0, 0.05) is 17.4 Å². The molecule has 3 nitrogen and oxygen atoms in total. The Kier molecular flexibility index (Phi) is 2.05. The number of rotatable bonds is 0. The first-order valence-corrected chi connectivity index (χ1v) is 2.72. The third-order valence-electron chi connectivity index (χ3n) is 1.23. The van der Waals surface area contributed by atoms with Gasteiger partial charge < -0.3 is 0 Å². The number of benzene rings is 1. The maximum Gasteiger partial charge on any atom is 0.112 e. The third-order valence-corrected chi connectivity index (χ3v) is 1.23. The van der Waals surface area contributed by atoms with Gasteiger partial charge >= 0.3 is 0 Å². The molecule has 2 aromatic rings. The lowest BCUT2D eigenvalue weighted by molar-refractivity contribution is 0.959. The molecule has 2 rings (SSSR count). The molecule has 3 radical (unpaired) electrons. The van der Waals surface area contributed by atoms with Gasteiger partial charge in [-0.3, -0.25) is 5.10 Å². The van der Waals surface area contributed by atoms with Crippen molar-refractivity contribution >= 4 is 28.4 Å². The molecular weight excluding hydrogens is 141 g/mol. The Morgan fingerprint density at radius 3 is 2.80 bits per heavy atom. The molecule has 1 heterocycles. The number of fused-ring (bicyclic) bond motifs is 1. The van der Waals surface area contributed by atoms with Crippen molar-refractivity contribution in [1.82, 2.24) is 15.4 Å². The summed E-state index contributed by atoms with van der Waals surface area (Å²) in [5.41, 5.74) is 1.90. The van der Waals surface area contributed by atoms with Gasteiger partial charge in [0.15, 0.2) is 0 Å². The zero-order valence-electron chi connectivity index (χ0n) is 5.28. The Hall–Kier alpha value is -0.848. The Balaban J connectivity index is 0.000000500. The van der Waals surface area contributed by atoms with Crippen LogP contribution in [-0.4, -0.2) is 32.8 Å². The van der Waals surface area contributed by atoms with Crippen LogP contribution in [-0.2, 0) is 0 Å². The van der Waals surface area contributed by atoms with E-state index in [0.29, 0.717) is 0 Å². The average molecular weight is 146 g/mol. The summed E-state index contributed by atoms with van der Waals surface area (Å²) in [5, 5.41) is 10.2. The quantitative estimate of drug-likeness (QED) is 0.552. The molecule has 0 saturated carbocycles. The molecule has 47 valence electrons. The highest BCUT2D eigenvalue weighted by Crippen LogP contribution is 2.03. The van der Waals surface area contributed by atoms with E-state index in [1.165, 1.54) is 0 Å². The van der Waals surface area contributed by atoms with Gasteiger partial charge in [-0.2, -0.15) is 0 Å². The van der Waals surface area contributed by atoms with Gasteiger partial charge in [-0.25, -0.2) is 0 Å². The predicted molar refractivity (Wildman–Crippen MR) is 39.6 cm³/mol. The number of hydrogen-bond acceptors (Lipinski definition) is 2. The topological polar surface area (TPSA) is 41.6 Å². The highest BCUT2D eigenvalue weighted by Gasteiger charge is 1.90. The van der Waals surface area contributed by atoms with Crippen molar-refractivity contribution < 1.29 is 0 Å². The van der Waals surface area contributed by atoms with Gasteiger partial charge in [0.05, 0.1) is 5.52 Å². The summed E-state index contributed by atoms with van der Waals surface area (Å²) in [4.78, 5) is 0. The van der Waals surface area contributed by atoms with Crippen molar-refractivity contribution in [2.75, 3.05) is 0 Å². The predicted octanol–water partition coefficient (Wildman–Crippen LogP) is 0.577. The van der Waals surface area contributed by atoms with Gasteiger partial charge in [0.2, 0.25) is 0 Å². The van der Waals surface area contributed by atoms with Crippen LogP contribution in [0.3, 0.4) is 0 Å². The van der Waals surface area contributed by atoms with Crippen LogP contribution >= 0.6 is 0 Å². The van der Waals surface area contributed by atoms with Crippen molar-refractivity contribution in [3.8, 4) is 0 Å². The van der Waals surface area contributed by atoms with Crippen molar-refractivity contribution in [2.45, 2.75) is 0 Å². The van der Waals surface area contributed by atoms with Crippen LogP contribution in [0.25, 0.3) is 11.0 Å². The molecule has 0 atom stereocenters. The molecule has 0 saturated heterocycles. The second-order valence-electron chi connectivity index (χ2n) is 1.83. The van der Waals surface area contributed by atoms with Crippen molar-refractivity contribution in [2.24, 2.45) is 0 Å². The summed E-state index contributed by atoms with van der Waals surface area (Å²) in [6.45, 7) is 0. The molecule has 1 aromatic carbocycles. The fourth-order valence-electron chi connectivity index (χ4n) is 0.788. The molecule has 0 amide bonds. The van der Waals surface area contributed by atoms with E-state index in [2.05, 4.69) is 15.4 Å². The summed E-state index contributed by atoms with van der Waals surface area (Å²) in [6, 6.07) is 7.74. The van der Waals surface area contributed by atoms with Crippen LogP contribution in [0, 0.1) is 0 Å². The standard InChI is InChI=1S/C6H5N3.Al/c1-2-4-6-5(3-1)7-9-8-6;/h1-4H,(H,7,8,9);. The van der Waals surface area contributed by atoms with Gasteiger partial charge in [-0.05, 0) is 12.1 Å². The Bertz CT molecular complexity index is 287. The molecule has 0 aliphatic carbocycles. The van der Waals surface area contributed by atoms with Crippen LogP contribution in [0.4, 0.5) is 0 Å². The van der Waals surface area contributed by atoms with E-state index in [1.807, 2.05) is 24.3 Å². The van der Waals surface area contributed by atoms with Gasteiger partial charge in [0.25, 0.3) is 0 Å². The summed E-state index contributed by atoms with van der Waals surface area (Å²) < 4.78 is 0. The van der Waals surface area contributed by atoms with Gasteiger partial charge in [0.1, 0.15) is 5.52 Å². The van der Waals surface area contributed by atoms with E-state index in [1.54, 1.807) is 0 Å². The van der Waals surface area contributed by atoms with E-state index in [4.69, 9.17) is 0 Å². The lowest BCUT2D eigenvalue weighted by Gasteiger charge is -1.79. The summed E-state index contributed by atoms with van der Waals surface area (Å²) in [6.07, 6.45) is 0. The smallest absolute Gasteiger partial charge is 0.112 e. The molecule has 0 unspecified atom stereocenters. The van der Waals surface area contributed by atoms with Gasteiger partial charge in [-0.15, -0.1) is 5.10 Å². The molecule has 0 bridgehead atoms. The van der Waals surface area contributed by atoms with E-state index >= 15 is 0 Å². The minimum absolute atomic E-state index is 0. The maximum absolute atomic E-state index is 3.81. The zero-order valence-corrected chi connectivity index (χ0v) is 6.44. The monoisotopic (exact) mass is 146 g/mol. The van der Waals surface area contributed by atoms with Crippen molar-refractivity contribution in [3.63, 3.8) is 0 Å². The number of nitrogens with zero attached hydrogens (tertiary/aromatic N) is 2. The number of para-hydroxylation sites is 1. The number of aromatic nitrogens is 3. The number of nitrogens with one attached hydrogen (secondary N) is 1. The van der Waals surface area contributed by atoms with E-state index in [-0.39, 0.29) is 17.4 Å². The van der Waals surface area contributed by atoms with Gasteiger partial charge in [-0.1, -0.05) is 17.3 Å². The number of aromatic amines is 1. The molecule has 10 heavy (non-hydrogen) atoms. The molecule has 0 aliphatic heterocycles. The first kappa shape index (κ1) is 7.26. The molecule has 0 spiro atoms. The number of H-pyrrole nitrogens is 1. The number of hydrogen-bond donors (Lipinski definition) is 1. The normalized spacial score (nSPS) is 9.20. The lowest BCUT2D eigenvalue weighted by atomic mass is 10.3. The first-order chi connectivity index (χ1) is 4.47. The first-order valence-electron chi connectivity index (χ1n) is 2.72. The Morgan fingerprint density at radius 2 is 2.00 bits per heavy atom. The lowest BCUT2D eigenvalue weighted by Crippen LogP contribution is -1.63. The average Bonchev–Trinajstić information content (AvgIpc) is 2.33. The molecule has 1 aromatic heterocycles. The Labute approximate surface area is 68.6 Å². The highest BCUT2D eigenvalue weighted by atomic mass is 27.0. The third kappa shape index (κ3) is 1.04. The molecule has 4 heteroatoms. The zero-order chi connectivity index (χ0) is 6.10. The molecular formula is C6H5AlN3. The molecule has 1 N–H and O–H groups in total. The second kappa shape index (κ2) is 2.82. The summed E-state index contributed by atoms with van der Waals surface area (Å²) >= 11 is 0. The fraction of sp³-hybridized carbons (Fsp3) is 0. The van der Waals surface area contributed by atoms with E-state index in [9.17, 15) is 0 Å². The van der Waals surface area contributed by atoms with Crippen LogP contribution in [0.2, 0.25) is 0 Å². The van der Waals surface area contributed by atoms with Crippen LogP contribution < -0.4 is 0 Å². The maximum atomic E-state index is 3.81. The minimum atomic E-state index is 0. The van der Waals surface area contributed by atoms with Crippen LogP contribution in [0.15, 0.2) is 24.3 Å². The summed E-state index contributed by atoms with van der Waals surface area (Å²) in [7, 11) is 0. The van der Waals surface area contributed by atoms with Crippen LogP contribution in [0.5, 0.6) is 0 Å². The summed E-state index contributed by atoms with van der Waals surface area (Å²) in [5.74, 6) is 0. The minimum Gasteiger partial charge on any atom is -0.258 e. The van der Waals surface area contributed by atoms with E-state index in [0.717, 1.165) is 11.0 Å². The molecule has 0 aliphatic rings. The second-order valence-corrected chi connectivity index (χ2v) is 1.83. The van der Waals surface area contributed by atoms with Crippen LogP contribution in [0.1, 0.15) is 0 Å². The van der Waals surface area contributed by atoms with E-state index < -0.39 is 0 Å². The van der Waals surface area contributed by atoms with Crippen molar-refractivity contribution in [3.05, 3.63) is 24.3 Å². The molecule has 0 fully saturated rings. The largest absolute Gasteiger partial charge is 0.258 e. The Morgan fingerprint density at radius 1 is 1.20 bits per heavy atom. The SMILES string of the molecule is [Al].c1ccc2[nH]nnc2c1.